The summed E-state index contributed by atoms with van der Waals surface area (Å²) in [6.07, 6.45) is 0. The summed E-state index contributed by atoms with van der Waals surface area (Å²) in [4.78, 5) is 23.0. The number of amides is 1. The topological polar surface area (TPSA) is 64.6 Å². The Labute approximate surface area is 122 Å². The van der Waals surface area contributed by atoms with Crippen LogP contribution in [0.15, 0.2) is 60.7 Å². The predicted molar refractivity (Wildman–Crippen MR) is 78.0 cm³/mol. The molecule has 2 rings (SSSR count). The highest BCUT2D eigenvalue weighted by atomic mass is 16.6. The standard InChI is InChI=1S/C16H15NO4/c18-15(17-13-7-3-1-4-8-13)11-21-16(19)12-20-14-9-5-2-6-10-14/h1-10H,11-12H2,(H,17,18). The molecule has 0 atom stereocenters. The van der Waals surface area contributed by atoms with Crippen LogP contribution in [0.25, 0.3) is 0 Å². The molecule has 0 aliphatic heterocycles. The maximum absolute atomic E-state index is 11.6. The van der Waals surface area contributed by atoms with Gasteiger partial charge in [-0.25, -0.2) is 4.79 Å². The van der Waals surface area contributed by atoms with E-state index < -0.39 is 11.9 Å². The second kappa shape index (κ2) is 7.69. The highest BCUT2D eigenvalue weighted by molar-refractivity contribution is 5.92. The Morgan fingerprint density at radius 1 is 0.857 bits per heavy atom. The van der Waals surface area contributed by atoms with Crippen molar-refractivity contribution in [2.24, 2.45) is 0 Å². The zero-order chi connectivity index (χ0) is 14.9. The van der Waals surface area contributed by atoms with Crippen molar-refractivity contribution in [2.45, 2.75) is 0 Å². The van der Waals surface area contributed by atoms with Gasteiger partial charge in [0.15, 0.2) is 13.2 Å². The Kier molecular flexibility index (Phi) is 5.34. The van der Waals surface area contributed by atoms with E-state index in [4.69, 9.17) is 9.47 Å². The maximum Gasteiger partial charge on any atom is 0.344 e. The fourth-order valence-corrected chi connectivity index (χ4v) is 1.57. The van der Waals surface area contributed by atoms with Crippen LogP contribution in [0.1, 0.15) is 0 Å². The van der Waals surface area contributed by atoms with Gasteiger partial charge in [0.1, 0.15) is 5.75 Å². The van der Waals surface area contributed by atoms with Gasteiger partial charge < -0.3 is 14.8 Å². The molecule has 2 aromatic carbocycles. The fourth-order valence-electron chi connectivity index (χ4n) is 1.57. The van der Waals surface area contributed by atoms with Crippen molar-refractivity contribution in [1.82, 2.24) is 0 Å². The Hall–Kier alpha value is -2.82. The van der Waals surface area contributed by atoms with E-state index in [-0.39, 0.29) is 13.2 Å². The van der Waals surface area contributed by atoms with Gasteiger partial charge in [-0.3, -0.25) is 4.79 Å². The van der Waals surface area contributed by atoms with Crippen LogP contribution in [0.2, 0.25) is 0 Å². The highest BCUT2D eigenvalue weighted by Crippen LogP contribution is 2.08. The van der Waals surface area contributed by atoms with Crippen LogP contribution in [0.5, 0.6) is 5.75 Å². The second-order valence-electron chi connectivity index (χ2n) is 4.18. The maximum atomic E-state index is 11.6. The first-order valence-electron chi connectivity index (χ1n) is 6.42. The summed E-state index contributed by atoms with van der Waals surface area (Å²) in [6.45, 7) is -0.575. The molecule has 0 saturated carbocycles. The van der Waals surface area contributed by atoms with E-state index in [0.717, 1.165) is 0 Å². The molecule has 0 aliphatic rings. The van der Waals surface area contributed by atoms with Crippen molar-refractivity contribution < 1.29 is 19.1 Å². The van der Waals surface area contributed by atoms with Crippen LogP contribution >= 0.6 is 0 Å². The molecule has 0 aliphatic carbocycles. The largest absolute Gasteiger partial charge is 0.482 e. The van der Waals surface area contributed by atoms with Gasteiger partial charge in [-0.1, -0.05) is 36.4 Å². The molecule has 1 amide bonds. The molecule has 1 N–H and O–H groups in total. The first-order chi connectivity index (χ1) is 10.2. The fraction of sp³-hybridized carbons (Fsp3) is 0.125. The zero-order valence-electron chi connectivity index (χ0n) is 11.3. The quantitative estimate of drug-likeness (QED) is 0.827. The summed E-state index contributed by atoms with van der Waals surface area (Å²) in [7, 11) is 0. The Bertz CT molecular complexity index is 584. The molecular formula is C16H15NO4. The number of carbonyl (C=O) groups is 2. The van der Waals surface area contributed by atoms with Gasteiger partial charge in [-0.2, -0.15) is 0 Å². The van der Waals surface area contributed by atoms with E-state index in [2.05, 4.69) is 5.32 Å². The molecule has 0 aromatic heterocycles. The molecule has 0 spiro atoms. The lowest BCUT2D eigenvalue weighted by molar-refractivity contribution is -0.149. The highest BCUT2D eigenvalue weighted by Gasteiger charge is 2.08. The number of esters is 1. The third-order valence-electron chi connectivity index (χ3n) is 2.52. The Balaban J connectivity index is 1.68. The first kappa shape index (κ1) is 14.6. The van der Waals surface area contributed by atoms with Crippen LogP contribution in [-0.4, -0.2) is 25.1 Å². The number of benzene rings is 2. The summed E-state index contributed by atoms with van der Waals surface area (Å²) in [5.74, 6) is -0.417. The minimum Gasteiger partial charge on any atom is -0.482 e. The van der Waals surface area contributed by atoms with E-state index in [9.17, 15) is 9.59 Å². The Morgan fingerprint density at radius 2 is 1.48 bits per heavy atom. The molecule has 0 radical (unpaired) electrons. The second-order valence-corrected chi connectivity index (χ2v) is 4.18. The number of carbonyl (C=O) groups excluding carboxylic acids is 2. The molecule has 0 bridgehead atoms. The van der Waals surface area contributed by atoms with Crippen LogP contribution in [-0.2, 0) is 14.3 Å². The summed E-state index contributed by atoms with van der Waals surface area (Å²) in [5, 5.41) is 2.61. The van der Waals surface area contributed by atoms with Gasteiger partial charge >= 0.3 is 5.97 Å². The molecule has 0 unspecified atom stereocenters. The minimum absolute atomic E-state index is 0.234. The van der Waals surface area contributed by atoms with Gasteiger partial charge in [0.2, 0.25) is 0 Å². The SMILES string of the molecule is O=C(COC(=O)COc1ccccc1)Nc1ccccc1. The monoisotopic (exact) mass is 285 g/mol. The summed E-state index contributed by atoms with van der Waals surface area (Å²) >= 11 is 0. The average Bonchev–Trinajstić information content (AvgIpc) is 2.53. The number of anilines is 1. The van der Waals surface area contributed by atoms with Crippen LogP contribution < -0.4 is 10.1 Å². The third kappa shape index (κ3) is 5.36. The number of ether oxygens (including phenoxy) is 2. The van der Waals surface area contributed by atoms with Gasteiger partial charge in [0.05, 0.1) is 0 Å². The van der Waals surface area contributed by atoms with Crippen molar-refractivity contribution >= 4 is 17.6 Å². The van der Waals surface area contributed by atoms with E-state index in [1.807, 2.05) is 12.1 Å². The molecule has 0 fully saturated rings. The molecule has 0 saturated heterocycles. The van der Waals surface area contributed by atoms with Crippen LogP contribution in [0.4, 0.5) is 5.69 Å². The molecule has 0 heterocycles. The average molecular weight is 285 g/mol. The van der Waals surface area contributed by atoms with Gasteiger partial charge in [-0.05, 0) is 24.3 Å². The normalized spacial score (nSPS) is 9.71. The van der Waals surface area contributed by atoms with Crippen molar-refractivity contribution in [3.8, 4) is 5.75 Å². The predicted octanol–water partition coefficient (Wildman–Crippen LogP) is 2.25. The zero-order valence-corrected chi connectivity index (χ0v) is 11.3. The minimum atomic E-state index is -0.595. The van der Waals surface area contributed by atoms with Crippen LogP contribution in [0.3, 0.4) is 0 Å². The third-order valence-corrected chi connectivity index (χ3v) is 2.52. The summed E-state index contributed by atoms with van der Waals surface area (Å²) in [6, 6.07) is 17.9. The lowest BCUT2D eigenvalue weighted by Crippen LogP contribution is -2.23. The van der Waals surface area contributed by atoms with E-state index in [1.54, 1.807) is 48.5 Å². The van der Waals surface area contributed by atoms with Crippen molar-refractivity contribution in [2.75, 3.05) is 18.5 Å². The van der Waals surface area contributed by atoms with Crippen molar-refractivity contribution in [3.05, 3.63) is 60.7 Å². The van der Waals surface area contributed by atoms with Crippen molar-refractivity contribution in [3.63, 3.8) is 0 Å². The molecule has 5 nitrogen and oxygen atoms in total. The van der Waals surface area contributed by atoms with E-state index in [0.29, 0.717) is 11.4 Å². The van der Waals surface area contributed by atoms with E-state index >= 15 is 0 Å². The molecular weight excluding hydrogens is 270 g/mol. The van der Waals surface area contributed by atoms with Crippen LogP contribution in [0, 0.1) is 0 Å². The molecule has 2 aromatic rings. The lowest BCUT2D eigenvalue weighted by Gasteiger charge is -2.07. The number of hydrogen-bond donors (Lipinski definition) is 1. The lowest BCUT2D eigenvalue weighted by atomic mass is 10.3. The number of nitrogens with one attached hydrogen (secondary N) is 1. The molecule has 21 heavy (non-hydrogen) atoms. The van der Waals surface area contributed by atoms with Crippen molar-refractivity contribution in [1.29, 1.82) is 0 Å². The Morgan fingerprint density at radius 3 is 2.14 bits per heavy atom. The van der Waals surface area contributed by atoms with E-state index in [1.165, 1.54) is 0 Å². The number of para-hydroxylation sites is 2. The number of rotatable bonds is 6. The first-order valence-corrected chi connectivity index (χ1v) is 6.42. The summed E-state index contributed by atoms with van der Waals surface area (Å²) < 4.78 is 10.0. The van der Waals surface area contributed by atoms with Gasteiger partial charge in [0, 0.05) is 5.69 Å². The molecule has 5 heteroatoms. The van der Waals surface area contributed by atoms with Gasteiger partial charge in [-0.15, -0.1) is 0 Å². The number of hydrogen-bond acceptors (Lipinski definition) is 4. The molecule has 108 valence electrons. The summed E-state index contributed by atoms with van der Waals surface area (Å²) in [5.41, 5.74) is 0.652. The van der Waals surface area contributed by atoms with Gasteiger partial charge in [0.25, 0.3) is 5.91 Å². The smallest absolute Gasteiger partial charge is 0.344 e.